The fourth-order valence-electron chi connectivity index (χ4n) is 10.5. The highest BCUT2D eigenvalue weighted by Gasteiger charge is 2.17. The van der Waals surface area contributed by atoms with Gasteiger partial charge in [-0.05, 0) is 238 Å². The second-order valence-corrected chi connectivity index (χ2v) is 20.5. The summed E-state index contributed by atoms with van der Waals surface area (Å²) in [5, 5.41) is 0. The predicted octanol–water partition coefficient (Wildman–Crippen LogP) is 16.7. The van der Waals surface area contributed by atoms with Crippen molar-refractivity contribution in [2.75, 3.05) is 0 Å². The Morgan fingerprint density at radius 2 is 0.372 bits per heavy atom. The zero-order valence-corrected chi connectivity index (χ0v) is 46.9. The first-order valence-electron chi connectivity index (χ1n) is 28.0. The Morgan fingerprint density at radius 3 is 0.570 bits per heavy atom. The maximum Gasteiger partial charge on any atom is 0.126 e. The molecule has 14 rings (SSSR count). The molecule has 0 radical (unpaired) electrons. The lowest BCUT2D eigenvalue weighted by molar-refractivity contribution is 1.06. The molecule has 0 aliphatic rings. The Balaban J connectivity index is 0.000000160. The molecule has 14 aromatic rings. The topological polar surface area (TPSA) is 155 Å². The SMILES string of the molecule is Cc1nc(-c2cc(-c3cccnc3)cc(-c3cccnc3)c2)cc(-c2cc(-c3cccnc3)cc(-c3cccnc3)c2)n1.Cc1nc(-c2cc(-c3ccncc3)cc(-c3ccncc3)c2)cc(-c2cc(-c3ccncc3)cc(-c3ccncc3)c2)n1. The third-order valence-electron chi connectivity index (χ3n) is 14.6. The van der Waals surface area contributed by atoms with Crippen LogP contribution in [0.2, 0.25) is 0 Å². The molecule has 0 aliphatic carbocycles. The molecule has 408 valence electrons. The van der Waals surface area contributed by atoms with Gasteiger partial charge in [-0.25, -0.2) is 19.9 Å². The van der Waals surface area contributed by atoms with Crippen molar-refractivity contribution in [3.05, 3.63) is 293 Å². The summed E-state index contributed by atoms with van der Waals surface area (Å²) in [6, 6.07) is 62.5. The molecule has 0 aliphatic heterocycles. The van der Waals surface area contributed by atoms with Crippen LogP contribution in [0.1, 0.15) is 11.6 Å². The molecule has 4 aromatic carbocycles. The van der Waals surface area contributed by atoms with E-state index in [4.69, 9.17) is 19.9 Å². The number of aryl methyl sites for hydroxylation is 2. The molecule has 12 nitrogen and oxygen atoms in total. The third kappa shape index (κ3) is 12.4. The second-order valence-electron chi connectivity index (χ2n) is 20.5. The van der Waals surface area contributed by atoms with E-state index < -0.39 is 0 Å². The van der Waals surface area contributed by atoms with Crippen molar-refractivity contribution in [2.45, 2.75) is 13.8 Å². The lowest BCUT2D eigenvalue weighted by Crippen LogP contribution is -1.96. The standard InChI is InChI=1S/2C37H26N6/c1-25-42-36(34-20-30(26-2-10-38-11-3-26)18-31(21-34)27-4-12-39-13-5-27)24-37(43-25)35-22-32(28-6-14-40-15-7-28)19-33(23-35)29-8-16-41-17-9-29;1-25-42-36(34-16-30(26-6-2-10-38-21-26)14-31(17-34)27-7-3-11-39-22-27)20-37(43-25)35-18-32(28-8-4-12-40-23-28)15-33(19-35)29-9-5-13-41-24-29/h2*2-24H,1H3. The molecule has 10 heterocycles. The van der Waals surface area contributed by atoms with Crippen molar-refractivity contribution in [1.29, 1.82) is 0 Å². The van der Waals surface area contributed by atoms with Gasteiger partial charge < -0.3 is 0 Å². The van der Waals surface area contributed by atoms with Crippen LogP contribution in [0.15, 0.2) is 281 Å². The molecule has 0 spiro atoms. The highest BCUT2D eigenvalue weighted by atomic mass is 14.9. The van der Waals surface area contributed by atoms with Crippen LogP contribution in [0.25, 0.3) is 134 Å². The van der Waals surface area contributed by atoms with Crippen molar-refractivity contribution in [1.82, 2.24) is 59.8 Å². The van der Waals surface area contributed by atoms with E-state index in [1.165, 1.54) is 0 Å². The fourth-order valence-corrected chi connectivity index (χ4v) is 10.5. The smallest absolute Gasteiger partial charge is 0.126 e. The van der Waals surface area contributed by atoms with Gasteiger partial charge in [-0.3, -0.25) is 39.9 Å². The van der Waals surface area contributed by atoms with Crippen molar-refractivity contribution in [2.24, 2.45) is 0 Å². The van der Waals surface area contributed by atoms with E-state index in [0.717, 1.165) is 134 Å². The molecule has 0 saturated heterocycles. The van der Waals surface area contributed by atoms with Gasteiger partial charge in [0.1, 0.15) is 11.6 Å². The summed E-state index contributed by atoms with van der Waals surface area (Å²) in [7, 11) is 0. The summed E-state index contributed by atoms with van der Waals surface area (Å²) in [6.45, 7) is 3.88. The first-order valence-corrected chi connectivity index (χ1v) is 28.0. The second kappa shape index (κ2) is 24.8. The van der Waals surface area contributed by atoms with E-state index in [1.807, 2.05) is 161 Å². The van der Waals surface area contributed by atoms with Gasteiger partial charge in [-0.15, -0.1) is 0 Å². The van der Waals surface area contributed by atoms with Gasteiger partial charge in [0.25, 0.3) is 0 Å². The normalized spacial score (nSPS) is 10.9. The minimum Gasteiger partial charge on any atom is -0.265 e. The summed E-state index contributed by atoms with van der Waals surface area (Å²) in [6.07, 6.45) is 29.2. The Kier molecular flexibility index (Phi) is 15.4. The molecular formula is C74H52N12. The van der Waals surface area contributed by atoms with E-state index in [1.54, 1.807) is 24.8 Å². The van der Waals surface area contributed by atoms with Crippen LogP contribution < -0.4 is 0 Å². The average Bonchev–Trinajstić information content (AvgIpc) is 1.96. The molecule has 0 unspecified atom stereocenters. The summed E-state index contributed by atoms with van der Waals surface area (Å²) in [5.41, 5.74) is 24.4. The van der Waals surface area contributed by atoms with Gasteiger partial charge in [0.2, 0.25) is 0 Å². The van der Waals surface area contributed by atoms with Gasteiger partial charge in [0, 0.05) is 144 Å². The number of pyridine rings is 8. The fraction of sp³-hybridized carbons (Fsp3) is 0.0270. The highest BCUT2D eigenvalue weighted by Crippen LogP contribution is 2.39. The quantitative estimate of drug-likeness (QED) is 0.114. The minimum absolute atomic E-state index is 0.692. The third-order valence-corrected chi connectivity index (χ3v) is 14.6. The monoisotopic (exact) mass is 1110 g/mol. The van der Waals surface area contributed by atoms with Crippen molar-refractivity contribution >= 4 is 0 Å². The van der Waals surface area contributed by atoms with E-state index in [0.29, 0.717) is 11.6 Å². The van der Waals surface area contributed by atoms with Crippen LogP contribution in [0.3, 0.4) is 0 Å². The minimum atomic E-state index is 0.692. The molecule has 0 saturated carbocycles. The maximum absolute atomic E-state index is 4.91. The number of aromatic nitrogens is 12. The van der Waals surface area contributed by atoms with Crippen molar-refractivity contribution in [3.8, 4) is 134 Å². The van der Waals surface area contributed by atoms with Crippen LogP contribution >= 0.6 is 0 Å². The lowest BCUT2D eigenvalue weighted by atomic mass is 9.94. The molecule has 0 amide bonds. The largest absolute Gasteiger partial charge is 0.265 e. The number of benzene rings is 4. The highest BCUT2D eigenvalue weighted by molar-refractivity contribution is 5.86. The number of hydrogen-bond acceptors (Lipinski definition) is 12. The Labute approximate surface area is 498 Å². The Morgan fingerprint density at radius 1 is 0.174 bits per heavy atom. The molecule has 0 fully saturated rings. The Hall–Kier alpha value is -11.8. The lowest BCUT2D eigenvalue weighted by Gasteiger charge is -2.13. The molecule has 86 heavy (non-hydrogen) atoms. The van der Waals surface area contributed by atoms with E-state index >= 15 is 0 Å². The molecule has 10 aromatic heterocycles. The van der Waals surface area contributed by atoms with E-state index in [-0.39, 0.29) is 0 Å². The van der Waals surface area contributed by atoms with Gasteiger partial charge >= 0.3 is 0 Å². The zero-order chi connectivity index (χ0) is 58.0. The van der Waals surface area contributed by atoms with Gasteiger partial charge in [-0.2, -0.15) is 0 Å². The summed E-state index contributed by atoms with van der Waals surface area (Å²) < 4.78 is 0. The number of hydrogen-bond donors (Lipinski definition) is 0. The van der Waals surface area contributed by atoms with E-state index in [2.05, 4.69) is 149 Å². The van der Waals surface area contributed by atoms with E-state index in [9.17, 15) is 0 Å². The number of nitrogens with zero attached hydrogens (tertiary/aromatic N) is 12. The van der Waals surface area contributed by atoms with Crippen LogP contribution in [-0.2, 0) is 0 Å². The van der Waals surface area contributed by atoms with Crippen LogP contribution in [-0.4, -0.2) is 59.8 Å². The summed E-state index contributed by atoms with van der Waals surface area (Å²) in [5.74, 6) is 1.39. The summed E-state index contributed by atoms with van der Waals surface area (Å²) in [4.78, 5) is 53.9. The first-order chi connectivity index (χ1) is 42.4. The molecular weight excluding hydrogens is 1060 g/mol. The summed E-state index contributed by atoms with van der Waals surface area (Å²) >= 11 is 0. The molecule has 12 heteroatoms. The molecule has 0 N–H and O–H groups in total. The molecule has 0 bridgehead atoms. The number of rotatable bonds is 12. The first kappa shape index (κ1) is 53.5. The zero-order valence-electron chi connectivity index (χ0n) is 46.9. The molecule has 0 atom stereocenters. The van der Waals surface area contributed by atoms with Gasteiger partial charge in [0.15, 0.2) is 0 Å². The van der Waals surface area contributed by atoms with Gasteiger partial charge in [0.05, 0.1) is 22.8 Å². The van der Waals surface area contributed by atoms with Crippen molar-refractivity contribution < 1.29 is 0 Å². The average molecular weight is 1110 g/mol. The Bertz CT molecular complexity index is 3800. The van der Waals surface area contributed by atoms with Gasteiger partial charge in [-0.1, -0.05) is 24.3 Å². The van der Waals surface area contributed by atoms with Crippen LogP contribution in [0.4, 0.5) is 0 Å². The predicted molar refractivity (Wildman–Crippen MR) is 341 cm³/mol. The van der Waals surface area contributed by atoms with Crippen LogP contribution in [0, 0.1) is 13.8 Å². The van der Waals surface area contributed by atoms with Crippen LogP contribution in [0.5, 0.6) is 0 Å². The van der Waals surface area contributed by atoms with Crippen molar-refractivity contribution in [3.63, 3.8) is 0 Å². The maximum atomic E-state index is 4.91.